The average molecular weight is 659 g/mol. The van der Waals surface area contributed by atoms with Crippen molar-refractivity contribution >= 4 is 53.4 Å². The van der Waals surface area contributed by atoms with Gasteiger partial charge in [0.1, 0.15) is 11.2 Å². The number of pyridine rings is 1. The second kappa shape index (κ2) is 11.6. The molecule has 0 amide bonds. The third kappa shape index (κ3) is 4.69. The highest BCUT2D eigenvalue weighted by atomic mass is 32.1. The van der Waals surface area contributed by atoms with Gasteiger partial charge in [-0.25, -0.2) is 15.0 Å². The fourth-order valence-corrected chi connectivity index (χ4v) is 8.13. The van der Waals surface area contributed by atoms with Crippen LogP contribution in [0.2, 0.25) is 0 Å². The number of rotatable bonds is 5. The Morgan fingerprint density at radius 3 is 2.02 bits per heavy atom. The van der Waals surface area contributed by atoms with Gasteiger partial charge < -0.3 is 4.42 Å². The molecule has 0 fully saturated rings. The van der Waals surface area contributed by atoms with E-state index in [0.29, 0.717) is 17.5 Å². The van der Waals surface area contributed by atoms with Crippen LogP contribution in [0.1, 0.15) is 0 Å². The average Bonchev–Trinajstić information content (AvgIpc) is 3.78. The summed E-state index contributed by atoms with van der Waals surface area (Å²) in [4.78, 5) is 19.7. The second-order valence-corrected chi connectivity index (χ2v) is 13.3. The summed E-state index contributed by atoms with van der Waals surface area (Å²) in [5, 5.41) is 4.52. The van der Waals surface area contributed by atoms with Gasteiger partial charge in [-0.05, 0) is 42.0 Å². The Morgan fingerprint density at radius 2 is 1.14 bits per heavy atom. The standard InChI is InChI=1S/C44H26N4OS/c1-2-11-27(12-3-1)42-46-43(29-14-8-13-28(25-29)30-15-10-24-45-26-30)48-44(47-42)36-23-22-32(40-39(36)35-17-4-6-20-37(35)49-40)34-19-9-18-33-31-16-5-7-21-38(31)50-41(33)34/h1-26H. The summed E-state index contributed by atoms with van der Waals surface area (Å²) in [6, 6.07) is 50.0. The van der Waals surface area contributed by atoms with Gasteiger partial charge in [-0.15, -0.1) is 11.3 Å². The van der Waals surface area contributed by atoms with E-state index in [2.05, 4.69) is 89.9 Å². The third-order valence-electron chi connectivity index (χ3n) is 9.24. The minimum absolute atomic E-state index is 0.587. The molecule has 4 aromatic heterocycles. The van der Waals surface area contributed by atoms with E-state index in [1.807, 2.05) is 78.2 Å². The first-order valence-corrected chi connectivity index (χ1v) is 17.3. The molecule has 6 aromatic carbocycles. The molecule has 0 bridgehead atoms. The number of hydrogen-bond donors (Lipinski definition) is 0. The maximum atomic E-state index is 6.75. The topological polar surface area (TPSA) is 64.7 Å². The molecule has 0 aliphatic carbocycles. The van der Waals surface area contributed by atoms with Crippen molar-refractivity contribution in [1.82, 2.24) is 19.9 Å². The van der Waals surface area contributed by atoms with Crippen LogP contribution in [0, 0.1) is 0 Å². The van der Waals surface area contributed by atoms with Crippen LogP contribution in [0.3, 0.4) is 0 Å². The Labute approximate surface area is 291 Å². The molecule has 50 heavy (non-hydrogen) atoms. The molecule has 0 N–H and O–H groups in total. The largest absolute Gasteiger partial charge is 0.455 e. The lowest BCUT2D eigenvalue weighted by molar-refractivity contribution is 0.670. The summed E-state index contributed by atoms with van der Waals surface area (Å²) < 4.78 is 9.26. The first-order valence-electron chi connectivity index (χ1n) is 16.5. The lowest BCUT2D eigenvalue weighted by Crippen LogP contribution is -2.00. The molecule has 10 rings (SSSR count). The number of aromatic nitrogens is 4. The van der Waals surface area contributed by atoms with Crippen molar-refractivity contribution in [1.29, 1.82) is 0 Å². The molecule has 0 radical (unpaired) electrons. The molecular weight excluding hydrogens is 633 g/mol. The summed E-state index contributed by atoms with van der Waals surface area (Å²) >= 11 is 1.82. The molecule has 0 spiro atoms. The van der Waals surface area contributed by atoms with Gasteiger partial charge in [-0.1, -0.05) is 109 Å². The summed E-state index contributed by atoms with van der Waals surface area (Å²) in [7, 11) is 0. The van der Waals surface area contributed by atoms with E-state index < -0.39 is 0 Å². The van der Waals surface area contributed by atoms with Crippen molar-refractivity contribution in [2.24, 2.45) is 0 Å². The number of nitrogens with zero attached hydrogens (tertiary/aromatic N) is 4. The summed E-state index contributed by atoms with van der Waals surface area (Å²) in [5.41, 5.74) is 8.60. The molecule has 10 aromatic rings. The minimum Gasteiger partial charge on any atom is -0.455 e. The van der Waals surface area contributed by atoms with Crippen LogP contribution in [-0.2, 0) is 0 Å². The number of hydrogen-bond acceptors (Lipinski definition) is 6. The van der Waals surface area contributed by atoms with E-state index in [1.54, 1.807) is 6.20 Å². The zero-order valence-corrected chi connectivity index (χ0v) is 27.4. The lowest BCUT2D eigenvalue weighted by atomic mass is 9.97. The molecule has 0 saturated heterocycles. The van der Waals surface area contributed by atoms with E-state index >= 15 is 0 Å². The monoisotopic (exact) mass is 658 g/mol. The lowest BCUT2D eigenvalue weighted by Gasteiger charge is -2.12. The fraction of sp³-hybridized carbons (Fsp3) is 0. The summed E-state index contributed by atoms with van der Waals surface area (Å²) in [6.07, 6.45) is 3.65. The van der Waals surface area contributed by atoms with Crippen molar-refractivity contribution in [2.75, 3.05) is 0 Å². The van der Waals surface area contributed by atoms with Gasteiger partial charge in [0.15, 0.2) is 17.5 Å². The Kier molecular flexibility index (Phi) is 6.60. The van der Waals surface area contributed by atoms with Crippen molar-refractivity contribution in [3.63, 3.8) is 0 Å². The highest BCUT2D eigenvalue weighted by molar-refractivity contribution is 7.26. The number of fused-ring (bicyclic) bond motifs is 6. The Morgan fingerprint density at radius 1 is 0.460 bits per heavy atom. The molecular formula is C44H26N4OS. The molecule has 234 valence electrons. The smallest absolute Gasteiger partial charge is 0.164 e. The first-order chi connectivity index (χ1) is 24.8. The summed E-state index contributed by atoms with van der Waals surface area (Å²) in [5.74, 6) is 1.79. The van der Waals surface area contributed by atoms with Crippen LogP contribution >= 0.6 is 11.3 Å². The van der Waals surface area contributed by atoms with Gasteiger partial charge in [0.2, 0.25) is 0 Å². The maximum Gasteiger partial charge on any atom is 0.164 e. The van der Waals surface area contributed by atoms with Gasteiger partial charge in [0.05, 0.1) is 0 Å². The van der Waals surface area contributed by atoms with Crippen molar-refractivity contribution in [2.45, 2.75) is 0 Å². The van der Waals surface area contributed by atoms with Crippen LogP contribution < -0.4 is 0 Å². The first kappa shape index (κ1) is 28.5. The van der Waals surface area contributed by atoms with E-state index in [-0.39, 0.29) is 0 Å². The predicted molar refractivity (Wildman–Crippen MR) is 205 cm³/mol. The van der Waals surface area contributed by atoms with Gasteiger partial charge in [-0.3, -0.25) is 4.98 Å². The number of para-hydroxylation sites is 1. The maximum absolute atomic E-state index is 6.75. The Hall–Kier alpha value is -6.50. The Balaban J connectivity index is 1.23. The van der Waals surface area contributed by atoms with Crippen molar-refractivity contribution in [3.05, 3.63) is 158 Å². The fourth-order valence-electron chi connectivity index (χ4n) is 6.90. The van der Waals surface area contributed by atoms with Crippen LogP contribution in [0.25, 0.3) is 98.5 Å². The summed E-state index contributed by atoms with van der Waals surface area (Å²) in [6.45, 7) is 0. The van der Waals surface area contributed by atoms with Crippen LogP contribution in [-0.4, -0.2) is 19.9 Å². The van der Waals surface area contributed by atoms with Gasteiger partial charge in [-0.2, -0.15) is 0 Å². The molecule has 0 saturated carbocycles. The van der Waals surface area contributed by atoms with E-state index in [4.69, 9.17) is 19.4 Å². The van der Waals surface area contributed by atoms with Gasteiger partial charge >= 0.3 is 0 Å². The zero-order chi connectivity index (χ0) is 33.0. The number of furan rings is 1. The van der Waals surface area contributed by atoms with Crippen LogP contribution in [0.4, 0.5) is 0 Å². The normalized spacial score (nSPS) is 11.6. The third-order valence-corrected chi connectivity index (χ3v) is 10.5. The SMILES string of the molecule is c1ccc(-c2nc(-c3cccc(-c4cccnc4)c3)nc(-c3ccc(-c4cccc5c4sc4ccccc45)c4oc5ccccc5c34)n2)cc1. The van der Waals surface area contributed by atoms with E-state index in [9.17, 15) is 0 Å². The predicted octanol–water partition coefficient (Wildman–Crippen LogP) is 11.9. The minimum atomic E-state index is 0.587. The zero-order valence-electron chi connectivity index (χ0n) is 26.6. The second-order valence-electron chi connectivity index (χ2n) is 12.2. The molecule has 0 atom stereocenters. The van der Waals surface area contributed by atoms with E-state index in [1.165, 1.54) is 20.2 Å². The van der Waals surface area contributed by atoms with Crippen molar-refractivity contribution < 1.29 is 4.42 Å². The molecule has 6 heteroatoms. The van der Waals surface area contributed by atoms with Gasteiger partial charge in [0.25, 0.3) is 0 Å². The van der Waals surface area contributed by atoms with Crippen LogP contribution in [0.15, 0.2) is 162 Å². The quantitative estimate of drug-likeness (QED) is 0.184. The highest BCUT2D eigenvalue weighted by Gasteiger charge is 2.22. The molecule has 0 aliphatic rings. The molecule has 5 nitrogen and oxygen atoms in total. The Bertz CT molecular complexity index is 2880. The van der Waals surface area contributed by atoms with Crippen LogP contribution in [0.5, 0.6) is 0 Å². The number of thiophene rings is 1. The molecule has 4 heterocycles. The highest BCUT2D eigenvalue weighted by Crippen LogP contribution is 2.45. The van der Waals surface area contributed by atoms with E-state index in [0.717, 1.165) is 60.9 Å². The van der Waals surface area contributed by atoms with Gasteiger partial charge in [0, 0.05) is 76.7 Å². The number of benzene rings is 6. The van der Waals surface area contributed by atoms with Crippen molar-refractivity contribution in [3.8, 4) is 56.4 Å². The molecule has 0 unspecified atom stereocenters. The molecule has 0 aliphatic heterocycles.